The van der Waals surface area contributed by atoms with E-state index in [-0.39, 0.29) is 5.78 Å². The highest BCUT2D eigenvalue weighted by Gasteiger charge is 2.18. The van der Waals surface area contributed by atoms with Crippen LogP contribution in [0.5, 0.6) is 0 Å². The first-order valence-corrected chi connectivity index (χ1v) is 7.19. The number of carbonyl (C=O) groups excluding carboxylic acids is 1. The smallest absolute Gasteiger partial charge is 0.228 e. The van der Waals surface area contributed by atoms with Crippen molar-refractivity contribution in [2.75, 3.05) is 11.9 Å². The van der Waals surface area contributed by atoms with Gasteiger partial charge in [-0.1, -0.05) is 11.6 Å². The van der Waals surface area contributed by atoms with Gasteiger partial charge in [0.15, 0.2) is 5.76 Å². The number of hydrogen-bond acceptors (Lipinski definition) is 3. The maximum Gasteiger partial charge on any atom is 0.228 e. The predicted octanol–water partition coefficient (Wildman–Crippen LogP) is 4.29. The molecule has 3 aromatic rings. The summed E-state index contributed by atoms with van der Waals surface area (Å²) in [6.07, 6.45) is 0.951. The molecule has 0 unspecified atom stereocenters. The molecule has 0 saturated carbocycles. The Morgan fingerprint density at radius 3 is 2.95 bits per heavy atom. The number of rotatable bonds is 2. The van der Waals surface area contributed by atoms with E-state index < -0.39 is 0 Å². The third kappa shape index (κ3) is 2.10. The van der Waals surface area contributed by atoms with Gasteiger partial charge in [-0.05, 0) is 54.4 Å². The molecule has 3 nitrogen and oxygen atoms in total. The molecule has 2 heterocycles. The van der Waals surface area contributed by atoms with Crippen LogP contribution in [0.2, 0.25) is 5.02 Å². The van der Waals surface area contributed by atoms with Crippen LogP contribution >= 0.6 is 11.6 Å². The van der Waals surface area contributed by atoms with Crippen LogP contribution in [-0.4, -0.2) is 12.3 Å². The van der Waals surface area contributed by atoms with Crippen molar-refractivity contribution in [1.82, 2.24) is 0 Å². The van der Waals surface area contributed by atoms with Crippen LogP contribution < -0.4 is 5.32 Å². The largest absolute Gasteiger partial charge is 0.453 e. The third-order valence-electron chi connectivity index (χ3n) is 3.78. The molecule has 4 heteroatoms. The molecule has 1 aromatic heterocycles. The van der Waals surface area contributed by atoms with Crippen molar-refractivity contribution in [3.05, 3.63) is 64.4 Å². The summed E-state index contributed by atoms with van der Waals surface area (Å²) in [5, 5.41) is 4.76. The van der Waals surface area contributed by atoms with Crippen molar-refractivity contribution in [2.24, 2.45) is 0 Å². The Morgan fingerprint density at radius 2 is 2.05 bits per heavy atom. The zero-order valence-electron chi connectivity index (χ0n) is 11.2. The molecule has 0 aliphatic carbocycles. The van der Waals surface area contributed by atoms with E-state index in [9.17, 15) is 4.79 Å². The Hall–Kier alpha value is -2.26. The number of nitrogens with one attached hydrogen (secondary N) is 1. The van der Waals surface area contributed by atoms with E-state index in [2.05, 4.69) is 5.32 Å². The Bertz CT molecular complexity index is 866. The summed E-state index contributed by atoms with van der Waals surface area (Å²) < 4.78 is 5.63. The summed E-state index contributed by atoms with van der Waals surface area (Å²) >= 11 is 5.95. The minimum Gasteiger partial charge on any atom is -0.453 e. The van der Waals surface area contributed by atoms with Crippen LogP contribution in [0.1, 0.15) is 21.7 Å². The summed E-state index contributed by atoms with van der Waals surface area (Å²) in [7, 11) is 0. The second kappa shape index (κ2) is 4.64. The standard InChI is InChI=1S/C17H12ClNO2/c18-13-2-4-15-12(8-13)9-16(21-15)17(20)11-1-3-14-10(7-11)5-6-19-14/h1-4,7-9,19H,5-6H2. The highest BCUT2D eigenvalue weighted by atomic mass is 35.5. The molecular weight excluding hydrogens is 286 g/mol. The monoisotopic (exact) mass is 297 g/mol. The van der Waals surface area contributed by atoms with E-state index in [0.29, 0.717) is 21.9 Å². The topological polar surface area (TPSA) is 42.2 Å². The summed E-state index contributed by atoms with van der Waals surface area (Å²) in [5.74, 6) is 0.246. The quantitative estimate of drug-likeness (QED) is 0.718. The Kier molecular flexibility index (Phi) is 2.76. The summed E-state index contributed by atoms with van der Waals surface area (Å²) in [6, 6.07) is 12.8. The Morgan fingerprint density at radius 1 is 1.14 bits per heavy atom. The molecule has 0 bridgehead atoms. The number of furan rings is 1. The number of halogens is 1. The first-order chi connectivity index (χ1) is 10.2. The summed E-state index contributed by atoms with van der Waals surface area (Å²) in [5.41, 5.74) is 3.62. The van der Waals surface area contributed by atoms with Gasteiger partial charge in [0.25, 0.3) is 0 Å². The van der Waals surface area contributed by atoms with Gasteiger partial charge in [0.1, 0.15) is 5.58 Å². The lowest BCUT2D eigenvalue weighted by molar-refractivity contribution is 0.101. The summed E-state index contributed by atoms with van der Waals surface area (Å²) in [6.45, 7) is 0.927. The minimum atomic E-state index is -0.1000. The molecule has 0 fully saturated rings. The molecule has 104 valence electrons. The fourth-order valence-electron chi connectivity index (χ4n) is 2.71. The van der Waals surface area contributed by atoms with Gasteiger partial charge in [-0.15, -0.1) is 0 Å². The highest BCUT2D eigenvalue weighted by molar-refractivity contribution is 6.31. The molecule has 0 spiro atoms. The molecule has 0 radical (unpaired) electrons. The number of carbonyl (C=O) groups is 1. The van der Waals surface area contributed by atoms with Gasteiger partial charge < -0.3 is 9.73 Å². The Balaban J connectivity index is 1.75. The number of fused-ring (bicyclic) bond motifs is 2. The minimum absolute atomic E-state index is 0.1000. The van der Waals surface area contributed by atoms with Crippen molar-refractivity contribution in [3.8, 4) is 0 Å². The molecule has 1 aliphatic rings. The molecule has 1 aliphatic heterocycles. The normalized spacial score (nSPS) is 13.2. The number of anilines is 1. The van der Waals surface area contributed by atoms with Crippen molar-refractivity contribution < 1.29 is 9.21 Å². The second-order valence-electron chi connectivity index (χ2n) is 5.17. The van der Waals surface area contributed by atoms with Crippen molar-refractivity contribution >= 4 is 34.0 Å². The SMILES string of the molecule is O=C(c1ccc2c(c1)CCN2)c1cc2cc(Cl)ccc2o1. The maximum absolute atomic E-state index is 12.6. The van der Waals surface area contributed by atoms with E-state index in [1.807, 2.05) is 18.2 Å². The molecule has 1 N–H and O–H groups in total. The van der Waals surface area contributed by atoms with Gasteiger partial charge in [-0.25, -0.2) is 0 Å². The lowest BCUT2D eigenvalue weighted by atomic mass is 10.0. The van der Waals surface area contributed by atoms with E-state index in [4.69, 9.17) is 16.0 Å². The van der Waals surface area contributed by atoms with Crippen LogP contribution in [0.3, 0.4) is 0 Å². The van der Waals surface area contributed by atoms with Crippen LogP contribution in [-0.2, 0) is 6.42 Å². The predicted molar refractivity (Wildman–Crippen MR) is 83.3 cm³/mol. The van der Waals surface area contributed by atoms with Gasteiger partial charge in [0, 0.05) is 28.2 Å². The third-order valence-corrected chi connectivity index (χ3v) is 4.01. The highest BCUT2D eigenvalue weighted by Crippen LogP contribution is 2.27. The van der Waals surface area contributed by atoms with Crippen molar-refractivity contribution in [3.63, 3.8) is 0 Å². The van der Waals surface area contributed by atoms with Gasteiger partial charge in [-0.3, -0.25) is 4.79 Å². The molecule has 0 amide bonds. The van der Waals surface area contributed by atoms with Crippen LogP contribution in [0.4, 0.5) is 5.69 Å². The lowest BCUT2D eigenvalue weighted by Gasteiger charge is -2.02. The molecule has 4 rings (SSSR count). The molecule has 2 aromatic carbocycles. The van der Waals surface area contributed by atoms with Crippen LogP contribution in [0, 0.1) is 0 Å². The first kappa shape index (κ1) is 12.5. The van der Waals surface area contributed by atoms with E-state index in [0.717, 1.165) is 24.0 Å². The number of ketones is 1. The fourth-order valence-corrected chi connectivity index (χ4v) is 2.90. The molecular formula is C17H12ClNO2. The lowest BCUT2D eigenvalue weighted by Crippen LogP contribution is -2.00. The van der Waals surface area contributed by atoms with Crippen LogP contribution in [0.25, 0.3) is 11.0 Å². The average molecular weight is 298 g/mol. The van der Waals surface area contributed by atoms with Crippen LogP contribution in [0.15, 0.2) is 46.9 Å². The molecule has 0 atom stereocenters. The van der Waals surface area contributed by atoms with Gasteiger partial charge >= 0.3 is 0 Å². The van der Waals surface area contributed by atoms with Crippen molar-refractivity contribution in [2.45, 2.75) is 6.42 Å². The number of benzene rings is 2. The molecule has 21 heavy (non-hydrogen) atoms. The van der Waals surface area contributed by atoms with Gasteiger partial charge in [0.05, 0.1) is 0 Å². The zero-order valence-corrected chi connectivity index (χ0v) is 11.9. The second-order valence-corrected chi connectivity index (χ2v) is 5.61. The van der Waals surface area contributed by atoms with E-state index in [1.54, 1.807) is 24.3 Å². The van der Waals surface area contributed by atoms with Crippen molar-refractivity contribution in [1.29, 1.82) is 0 Å². The fraction of sp³-hybridized carbons (Fsp3) is 0.118. The first-order valence-electron chi connectivity index (χ1n) is 6.81. The Labute approximate surface area is 126 Å². The average Bonchev–Trinajstić information content (AvgIpc) is 3.11. The maximum atomic E-state index is 12.6. The van der Waals surface area contributed by atoms with E-state index in [1.165, 1.54) is 5.56 Å². The zero-order chi connectivity index (χ0) is 14.4. The summed E-state index contributed by atoms with van der Waals surface area (Å²) in [4.78, 5) is 12.6. The van der Waals surface area contributed by atoms with E-state index >= 15 is 0 Å². The number of hydrogen-bond donors (Lipinski definition) is 1. The van der Waals surface area contributed by atoms with Gasteiger partial charge in [0.2, 0.25) is 5.78 Å². The molecule has 0 saturated heterocycles. The van der Waals surface area contributed by atoms with Gasteiger partial charge in [-0.2, -0.15) is 0 Å².